The van der Waals surface area contributed by atoms with Gasteiger partial charge in [0.2, 0.25) is 10.0 Å². The van der Waals surface area contributed by atoms with Crippen LogP contribution in [0.4, 0.5) is 0 Å². The van der Waals surface area contributed by atoms with E-state index in [-0.39, 0.29) is 17.3 Å². The number of sulfonamides is 1. The standard InChI is InChI=1S/C13H19BrN2O3S.ClH/c1-19-12-5-4-10(8-11(12)14)20(17,18)16-13(9-15)6-2-3-7-13;/h4-5,8,16H,2-3,6-7,9,15H2,1H3;1H. The summed E-state index contributed by atoms with van der Waals surface area (Å²) in [6, 6.07) is 4.70. The van der Waals surface area contributed by atoms with Crippen LogP contribution in [0.5, 0.6) is 5.75 Å². The summed E-state index contributed by atoms with van der Waals surface area (Å²) in [5.74, 6) is 0.596. The third-order valence-corrected chi connectivity index (χ3v) is 5.93. The molecule has 0 heterocycles. The van der Waals surface area contributed by atoms with Crippen molar-refractivity contribution in [2.75, 3.05) is 13.7 Å². The summed E-state index contributed by atoms with van der Waals surface area (Å²) in [6.07, 6.45) is 3.60. The van der Waals surface area contributed by atoms with Crippen molar-refractivity contribution in [3.63, 3.8) is 0 Å². The Morgan fingerprint density at radius 3 is 2.48 bits per heavy atom. The fraction of sp³-hybridized carbons (Fsp3) is 0.538. The van der Waals surface area contributed by atoms with Crippen molar-refractivity contribution in [1.82, 2.24) is 4.72 Å². The molecule has 0 spiro atoms. The van der Waals surface area contributed by atoms with Gasteiger partial charge in [0.05, 0.1) is 16.5 Å². The van der Waals surface area contributed by atoms with Gasteiger partial charge in [-0.1, -0.05) is 12.8 Å². The maximum Gasteiger partial charge on any atom is 0.241 e. The molecule has 1 fully saturated rings. The minimum Gasteiger partial charge on any atom is -0.496 e. The first-order chi connectivity index (χ1) is 9.42. The van der Waals surface area contributed by atoms with Crippen molar-refractivity contribution >= 4 is 38.4 Å². The van der Waals surface area contributed by atoms with Gasteiger partial charge in [-0.2, -0.15) is 0 Å². The minimum absolute atomic E-state index is 0. The Morgan fingerprint density at radius 2 is 2.00 bits per heavy atom. The monoisotopic (exact) mass is 398 g/mol. The van der Waals surface area contributed by atoms with Gasteiger partial charge in [0, 0.05) is 12.1 Å². The van der Waals surface area contributed by atoms with E-state index in [0.29, 0.717) is 16.8 Å². The smallest absolute Gasteiger partial charge is 0.241 e. The van der Waals surface area contributed by atoms with Crippen molar-refractivity contribution < 1.29 is 13.2 Å². The zero-order chi connectivity index (χ0) is 14.8. The molecule has 0 unspecified atom stereocenters. The van der Waals surface area contributed by atoms with Gasteiger partial charge in [0.15, 0.2) is 0 Å². The molecule has 0 saturated heterocycles. The van der Waals surface area contributed by atoms with Crippen LogP contribution < -0.4 is 15.2 Å². The van der Waals surface area contributed by atoms with Crippen molar-refractivity contribution in [2.45, 2.75) is 36.1 Å². The Balaban J connectivity index is 0.00000220. The number of rotatable bonds is 5. The second-order valence-corrected chi connectivity index (χ2v) is 7.63. The highest BCUT2D eigenvalue weighted by Gasteiger charge is 2.36. The molecule has 8 heteroatoms. The van der Waals surface area contributed by atoms with E-state index in [1.165, 1.54) is 13.2 Å². The normalized spacial score (nSPS) is 17.3. The molecule has 2 rings (SSSR count). The Morgan fingerprint density at radius 1 is 1.38 bits per heavy atom. The minimum atomic E-state index is -3.58. The van der Waals surface area contributed by atoms with Crippen LogP contribution in [0.2, 0.25) is 0 Å². The van der Waals surface area contributed by atoms with E-state index in [1.54, 1.807) is 12.1 Å². The van der Waals surface area contributed by atoms with Crippen LogP contribution in [-0.4, -0.2) is 27.6 Å². The number of nitrogens with one attached hydrogen (secondary N) is 1. The first-order valence-electron chi connectivity index (χ1n) is 6.50. The predicted octanol–water partition coefficient (Wildman–Crippen LogP) is 2.43. The molecular formula is C13H20BrClN2O3S. The number of methoxy groups -OCH3 is 1. The van der Waals surface area contributed by atoms with E-state index in [2.05, 4.69) is 20.7 Å². The van der Waals surface area contributed by atoms with E-state index in [0.717, 1.165) is 25.7 Å². The molecule has 3 N–H and O–H groups in total. The van der Waals surface area contributed by atoms with E-state index in [1.807, 2.05) is 0 Å². The van der Waals surface area contributed by atoms with Crippen LogP contribution in [0.1, 0.15) is 25.7 Å². The lowest BCUT2D eigenvalue weighted by Gasteiger charge is -2.28. The topological polar surface area (TPSA) is 81.4 Å². The molecule has 0 atom stereocenters. The average molecular weight is 400 g/mol. The van der Waals surface area contributed by atoms with Crippen LogP contribution in [0, 0.1) is 0 Å². The summed E-state index contributed by atoms with van der Waals surface area (Å²) in [7, 11) is -2.04. The highest BCUT2D eigenvalue weighted by atomic mass is 79.9. The molecule has 21 heavy (non-hydrogen) atoms. The number of benzene rings is 1. The van der Waals surface area contributed by atoms with Gasteiger partial charge in [0.25, 0.3) is 0 Å². The van der Waals surface area contributed by atoms with Crippen LogP contribution in [-0.2, 0) is 10.0 Å². The van der Waals surface area contributed by atoms with Gasteiger partial charge in [0.1, 0.15) is 5.75 Å². The van der Waals surface area contributed by atoms with Crippen molar-refractivity contribution in [3.05, 3.63) is 22.7 Å². The molecule has 1 aliphatic carbocycles. The first-order valence-corrected chi connectivity index (χ1v) is 8.78. The van der Waals surface area contributed by atoms with E-state index in [4.69, 9.17) is 10.5 Å². The molecule has 0 aliphatic heterocycles. The van der Waals surface area contributed by atoms with Gasteiger partial charge in [-0.15, -0.1) is 12.4 Å². The van der Waals surface area contributed by atoms with Crippen molar-refractivity contribution in [2.24, 2.45) is 5.73 Å². The molecule has 120 valence electrons. The van der Waals surface area contributed by atoms with Crippen molar-refractivity contribution in [1.29, 1.82) is 0 Å². The number of nitrogens with two attached hydrogens (primary N) is 1. The SMILES string of the molecule is COc1ccc(S(=O)(=O)NC2(CN)CCCC2)cc1Br.Cl. The molecular weight excluding hydrogens is 380 g/mol. The maximum absolute atomic E-state index is 12.5. The molecule has 1 aromatic carbocycles. The average Bonchev–Trinajstić information content (AvgIpc) is 2.87. The number of ether oxygens (including phenoxy) is 1. The van der Waals surface area contributed by atoms with E-state index >= 15 is 0 Å². The largest absolute Gasteiger partial charge is 0.496 e. The zero-order valence-electron chi connectivity index (χ0n) is 11.8. The zero-order valence-corrected chi connectivity index (χ0v) is 15.0. The van der Waals surface area contributed by atoms with Gasteiger partial charge in [-0.05, 0) is 47.0 Å². The second-order valence-electron chi connectivity index (χ2n) is 5.09. The fourth-order valence-corrected chi connectivity index (χ4v) is 4.75. The summed E-state index contributed by atoms with van der Waals surface area (Å²) < 4.78 is 33.4. The third kappa shape index (κ3) is 4.10. The van der Waals surface area contributed by atoms with Crippen molar-refractivity contribution in [3.8, 4) is 5.75 Å². The lowest BCUT2D eigenvalue weighted by atomic mass is 10.0. The van der Waals surface area contributed by atoms with Crippen LogP contribution in [0.15, 0.2) is 27.6 Å². The highest BCUT2D eigenvalue weighted by molar-refractivity contribution is 9.10. The quantitative estimate of drug-likeness (QED) is 0.797. The van der Waals surface area contributed by atoms with E-state index < -0.39 is 15.6 Å². The number of hydrogen-bond acceptors (Lipinski definition) is 4. The maximum atomic E-state index is 12.5. The van der Waals surface area contributed by atoms with Gasteiger partial charge < -0.3 is 10.5 Å². The van der Waals surface area contributed by atoms with Crippen LogP contribution >= 0.6 is 28.3 Å². The summed E-state index contributed by atoms with van der Waals surface area (Å²) in [4.78, 5) is 0.213. The molecule has 5 nitrogen and oxygen atoms in total. The van der Waals surface area contributed by atoms with Crippen LogP contribution in [0.25, 0.3) is 0 Å². The summed E-state index contributed by atoms with van der Waals surface area (Å²) in [5.41, 5.74) is 5.28. The van der Waals surface area contributed by atoms with Crippen LogP contribution in [0.3, 0.4) is 0 Å². The molecule has 0 amide bonds. The number of halogens is 2. The Bertz CT molecular complexity index is 589. The predicted molar refractivity (Wildman–Crippen MR) is 88.5 cm³/mol. The molecule has 1 saturated carbocycles. The molecule has 1 aromatic rings. The Kier molecular flexibility index (Phi) is 6.49. The number of hydrogen-bond donors (Lipinski definition) is 2. The van der Waals surface area contributed by atoms with Gasteiger partial charge in [-0.25, -0.2) is 13.1 Å². The molecule has 0 radical (unpaired) electrons. The molecule has 0 bridgehead atoms. The lowest BCUT2D eigenvalue weighted by molar-refractivity contribution is 0.399. The lowest BCUT2D eigenvalue weighted by Crippen LogP contribution is -2.51. The third-order valence-electron chi connectivity index (χ3n) is 3.74. The highest BCUT2D eigenvalue weighted by Crippen LogP contribution is 2.32. The first kappa shape index (κ1) is 18.7. The summed E-state index contributed by atoms with van der Waals surface area (Å²) >= 11 is 3.30. The van der Waals surface area contributed by atoms with E-state index in [9.17, 15) is 8.42 Å². The molecule has 0 aromatic heterocycles. The fourth-order valence-electron chi connectivity index (χ4n) is 2.56. The Labute approximate surface area is 140 Å². The van der Waals surface area contributed by atoms with Gasteiger partial charge >= 0.3 is 0 Å². The summed E-state index contributed by atoms with van der Waals surface area (Å²) in [5, 5.41) is 0. The molecule has 1 aliphatic rings. The Hall–Kier alpha value is -0.340. The summed E-state index contributed by atoms with van der Waals surface area (Å²) in [6.45, 7) is 0.323. The van der Waals surface area contributed by atoms with Gasteiger partial charge in [-0.3, -0.25) is 0 Å². The second kappa shape index (κ2) is 7.28.